The molecule has 0 fully saturated rings. The van der Waals surface area contributed by atoms with Crippen LogP contribution in [0.3, 0.4) is 0 Å². The number of anilines is 3. The lowest BCUT2D eigenvalue weighted by Crippen LogP contribution is -2.43. The second-order valence-electron chi connectivity index (χ2n) is 26.3. The molecule has 0 bridgehead atoms. The molecule has 0 radical (unpaired) electrons. The number of esters is 3. The zero-order valence-electron chi connectivity index (χ0n) is 62.6. The van der Waals surface area contributed by atoms with Gasteiger partial charge in [-0.1, -0.05) is 115 Å². The number of hydrogen-bond acceptors (Lipinski definition) is 24. The molecule has 29 heteroatoms. The van der Waals surface area contributed by atoms with Crippen molar-refractivity contribution in [2.24, 2.45) is 5.41 Å². The van der Waals surface area contributed by atoms with Crippen LogP contribution in [0.1, 0.15) is 95.2 Å². The Bertz CT molecular complexity index is 4060. The number of allylic oxidation sites excluding steroid dienone is 2. The van der Waals surface area contributed by atoms with Gasteiger partial charge < -0.3 is 82.5 Å². The topological polar surface area (TPSA) is 343 Å². The molecule has 1 aliphatic carbocycles. The van der Waals surface area contributed by atoms with Gasteiger partial charge in [0.1, 0.15) is 50.5 Å². The number of ether oxygens (including phenoxy) is 11. The fraction of sp³-hybridized carbons (Fsp3) is 0.463. The molecule has 4 aromatic carbocycles. The predicted octanol–water partition coefficient (Wildman–Crippen LogP) is 8.50. The minimum Gasteiger partial charge on any atom is -0.465 e. The molecule has 5 amide bonds. The van der Waals surface area contributed by atoms with Gasteiger partial charge in [-0.2, -0.15) is 0 Å². The van der Waals surface area contributed by atoms with Crippen molar-refractivity contribution in [2.45, 2.75) is 97.0 Å². The zero-order chi connectivity index (χ0) is 77.6. The van der Waals surface area contributed by atoms with Crippen LogP contribution in [0.15, 0.2) is 127 Å². The standard InChI is InChI=1S/C80H99N9O20/c1-6-103-78(98)84-66-50-65(75-76(83-66)86-74(61-26-14-11-15-27-61)73(85-75)60-24-12-10-13-25-60)88(41-40-87(4)5)69(93)52-107-79(2,3)108-53-72(96)106-57-80(54-90,56-105-71(95)37-43-100-47-49-102-45-39-82-77(97)109-63-29-16-8-7-9-17-30-63)55-104-70(94)36-42-99-46-48-101-44-38-81-67(91)34-35-68(92)89-51-62-28-19-18-22-58(62)32-33-59-23-20-21-31-64(59)89/h7-8,10-15,18-28,31,50,63,90H,6,9,16-17,29-30,34-49,51-57H2,1-5H3,(H,81,91)(H,82,97)(H,83,84,86,98). The molecule has 0 saturated carbocycles. The first-order valence-electron chi connectivity index (χ1n) is 36.6. The number of nitrogens with one attached hydrogen (secondary N) is 3. The molecule has 2 aromatic heterocycles. The van der Waals surface area contributed by atoms with Crippen molar-refractivity contribution in [1.29, 1.82) is 0 Å². The first kappa shape index (κ1) is 84.3. The molecule has 4 N–H and O–H groups in total. The molecule has 29 nitrogen and oxygen atoms in total. The maximum absolute atomic E-state index is 14.7. The molecule has 0 saturated heterocycles. The Kier molecular flexibility index (Phi) is 34.7. The van der Waals surface area contributed by atoms with E-state index in [0.717, 1.165) is 59.9 Å². The summed E-state index contributed by atoms with van der Waals surface area (Å²) in [6.45, 7) is 2.59. The van der Waals surface area contributed by atoms with Crippen LogP contribution in [-0.2, 0) is 87.4 Å². The van der Waals surface area contributed by atoms with Crippen molar-refractivity contribution in [3.05, 3.63) is 144 Å². The Balaban J connectivity index is 0.815. The van der Waals surface area contributed by atoms with E-state index in [2.05, 4.69) is 44.9 Å². The van der Waals surface area contributed by atoms with Crippen LogP contribution in [0.25, 0.3) is 33.7 Å². The minimum atomic E-state index is -1.68. The maximum Gasteiger partial charge on any atom is 0.412 e. The largest absolute Gasteiger partial charge is 0.465 e. The molecule has 6 aromatic rings. The third-order valence-corrected chi connectivity index (χ3v) is 17.1. The molecule has 2 aliphatic rings. The first-order chi connectivity index (χ1) is 52.8. The molecule has 1 aliphatic heterocycles. The highest BCUT2D eigenvalue weighted by atomic mass is 16.7. The summed E-state index contributed by atoms with van der Waals surface area (Å²) < 4.78 is 61.7. The quantitative estimate of drug-likeness (QED) is 0.00695. The number of carbonyl (C=O) groups excluding carboxylic acids is 8. The fourth-order valence-corrected chi connectivity index (χ4v) is 11.1. The molecule has 109 heavy (non-hydrogen) atoms. The van der Waals surface area contributed by atoms with Crippen LogP contribution in [0.4, 0.5) is 26.8 Å². The van der Waals surface area contributed by atoms with Crippen molar-refractivity contribution in [3.63, 3.8) is 0 Å². The highest BCUT2D eigenvalue weighted by molar-refractivity contribution is 6.04. The Morgan fingerprint density at radius 3 is 1.83 bits per heavy atom. The van der Waals surface area contributed by atoms with E-state index in [-0.39, 0.29) is 145 Å². The second-order valence-corrected chi connectivity index (χ2v) is 26.3. The van der Waals surface area contributed by atoms with Crippen molar-refractivity contribution in [3.8, 4) is 34.4 Å². The van der Waals surface area contributed by atoms with Gasteiger partial charge in [0.15, 0.2) is 11.4 Å². The summed E-state index contributed by atoms with van der Waals surface area (Å²) in [7, 11) is 3.68. The number of likely N-dealkylation sites (N-methyl/N-ethyl adjacent to an activating group) is 1. The van der Waals surface area contributed by atoms with E-state index < -0.39 is 86.8 Å². The average Bonchev–Trinajstić information content (AvgIpc) is 0.758. The lowest BCUT2D eigenvalue weighted by Gasteiger charge is -2.31. The van der Waals surface area contributed by atoms with Gasteiger partial charge in [-0.25, -0.2) is 29.3 Å². The van der Waals surface area contributed by atoms with E-state index in [1.807, 2.05) is 128 Å². The van der Waals surface area contributed by atoms with E-state index in [4.69, 9.17) is 62.1 Å². The number of hydrogen-bond donors (Lipinski definition) is 4. The normalized spacial score (nSPS) is 13.8. The Morgan fingerprint density at radius 2 is 1.17 bits per heavy atom. The van der Waals surface area contributed by atoms with Crippen LogP contribution in [0.5, 0.6) is 0 Å². The summed E-state index contributed by atoms with van der Waals surface area (Å²) in [6.07, 6.45) is 6.63. The van der Waals surface area contributed by atoms with Gasteiger partial charge in [0.25, 0.3) is 5.91 Å². The summed E-state index contributed by atoms with van der Waals surface area (Å²) >= 11 is 0. The van der Waals surface area contributed by atoms with E-state index in [0.29, 0.717) is 30.2 Å². The molecule has 584 valence electrons. The highest BCUT2D eigenvalue weighted by Gasteiger charge is 2.37. The smallest absolute Gasteiger partial charge is 0.412 e. The zero-order valence-corrected chi connectivity index (χ0v) is 62.6. The number of aromatic nitrogens is 3. The number of aliphatic hydroxyl groups excluding tert-OH is 1. The van der Waals surface area contributed by atoms with Crippen LogP contribution in [0.2, 0.25) is 0 Å². The van der Waals surface area contributed by atoms with Gasteiger partial charge >= 0.3 is 30.1 Å². The number of alkyl carbamates (subject to hydrolysis) is 1. The van der Waals surface area contributed by atoms with E-state index in [1.54, 1.807) is 11.8 Å². The molecule has 2 atom stereocenters. The summed E-state index contributed by atoms with van der Waals surface area (Å²) in [4.78, 5) is 126. The summed E-state index contributed by atoms with van der Waals surface area (Å²) in [5.74, 6) is 1.19. The van der Waals surface area contributed by atoms with Crippen LogP contribution >= 0.6 is 0 Å². The van der Waals surface area contributed by atoms with Crippen LogP contribution < -0.4 is 25.8 Å². The molecular formula is C80H99N9O20. The number of carbonyl (C=O) groups is 8. The van der Waals surface area contributed by atoms with Crippen LogP contribution in [-0.4, -0.2) is 224 Å². The summed E-state index contributed by atoms with van der Waals surface area (Å²) in [6, 6.07) is 35.4. The highest BCUT2D eigenvalue weighted by Crippen LogP contribution is 2.36. The summed E-state index contributed by atoms with van der Waals surface area (Å²) in [5, 5.41) is 19.0. The molecule has 3 heterocycles. The van der Waals surface area contributed by atoms with Crippen molar-refractivity contribution in [1.82, 2.24) is 30.5 Å². The van der Waals surface area contributed by atoms with E-state index in [1.165, 1.54) is 24.8 Å². The maximum atomic E-state index is 14.7. The third kappa shape index (κ3) is 28.7. The van der Waals surface area contributed by atoms with Gasteiger partial charge in [-0.3, -0.25) is 29.3 Å². The van der Waals surface area contributed by atoms with Gasteiger partial charge in [0.2, 0.25) is 11.8 Å². The van der Waals surface area contributed by atoms with Crippen LogP contribution in [0, 0.1) is 17.3 Å². The molecular weight excluding hydrogens is 1410 g/mol. The lowest BCUT2D eigenvalue weighted by molar-refractivity contribution is -0.219. The van der Waals surface area contributed by atoms with Gasteiger partial charge in [0, 0.05) is 67.3 Å². The van der Waals surface area contributed by atoms with Gasteiger partial charge in [0.05, 0.1) is 114 Å². The Labute approximate surface area is 634 Å². The monoisotopic (exact) mass is 1510 g/mol. The summed E-state index contributed by atoms with van der Waals surface area (Å²) in [5.41, 5.74) is 4.52. The predicted molar refractivity (Wildman–Crippen MR) is 403 cm³/mol. The van der Waals surface area contributed by atoms with Crippen molar-refractivity contribution in [2.75, 3.05) is 154 Å². The molecule has 0 spiro atoms. The number of benzene rings is 4. The first-order valence-corrected chi connectivity index (χ1v) is 36.6. The van der Waals surface area contributed by atoms with Crippen molar-refractivity contribution >= 4 is 76.2 Å². The van der Waals surface area contributed by atoms with E-state index >= 15 is 0 Å². The lowest BCUT2D eigenvalue weighted by atomic mass is 9.92. The Morgan fingerprint density at radius 1 is 0.596 bits per heavy atom. The Hall–Kier alpha value is -10.3. The molecule has 2 unspecified atom stereocenters. The van der Waals surface area contributed by atoms with Gasteiger partial charge in [-0.15, -0.1) is 0 Å². The number of rotatable bonds is 43. The number of amides is 5. The number of fused-ring (bicyclic) bond motifs is 3. The number of pyridine rings is 1. The molecule has 8 rings (SSSR count). The van der Waals surface area contributed by atoms with Crippen molar-refractivity contribution < 1.29 is 95.6 Å². The number of nitrogens with zero attached hydrogens (tertiary/aromatic N) is 6. The number of para-hydroxylation sites is 1. The van der Waals surface area contributed by atoms with E-state index in [9.17, 15) is 43.5 Å². The SMILES string of the molecule is CCOC(=O)Nc1cc(N(CCN(C)C)C(=O)COC(C)(C)OCC(=O)OCC(CO)(COC(=O)CCOCCOCCNC(=O)CCC(=O)N2Cc3ccccc3C#Cc3ccccc32)COC(=O)CCOCCOCCNC(=O)OC2CCC=CCCC2)c2nc(-c3ccccc3)c(-c3ccccc3)nc2n1. The minimum absolute atomic E-state index is 0.0227. The average molecular weight is 1510 g/mol. The number of aliphatic hydroxyl groups is 1. The van der Waals surface area contributed by atoms with Gasteiger partial charge in [-0.05, 0) is 90.7 Å². The third-order valence-electron chi connectivity index (χ3n) is 17.1. The second kappa shape index (κ2) is 44.9. The fourth-order valence-electron chi connectivity index (χ4n) is 11.1.